The van der Waals surface area contributed by atoms with Crippen LogP contribution in [0.5, 0.6) is 11.5 Å². The van der Waals surface area contributed by atoms with Crippen molar-refractivity contribution in [3.63, 3.8) is 0 Å². The van der Waals surface area contributed by atoms with Crippen molar-refractivity contribution in [2.45, 2.75) is 19.9 Å². The van der Waals surface area contributed by atoms with E-state index in [2.05, 4.69) is 4.98 Å². The van der Waals surface area contributed by atoms with E-state index in [-0.39, 0.29) is 24.8 Å². The van der Waals surface area contributed by atoms with Gasteiger partial charge in [-0.15, -0.1) is 0 Å². The third-order valence-electron chi connectivity index (χ3n) is 3.91. The normalized spacial score (nSPS) is 10.2. The fraction of sp³-hybridized carbons (Fsp3) is 0.350. The molecule has 0 radical (unpaired) electrons. The van der Waals surface area contributed by atoms with E-state index in [1.807, 2.05) is 6.07 Å². The molecule has 1 aromatic carbocycles. The Kier molecular flexibility index (Phi) is 7.61. The first-order valence-corrected chi connectivity index (χ1v) is 8.64. The molecule has 0 atom stereocenters. The minimum atomic E-state index is -0.339. The van der Waals surface area contributed by atoms with Gasteiger partial charge in [-0.25, -0.2) is 0 Å². The van der Waals surface area contributed by atoms with Crippen LogP contribution >= 0.6 is 0 Å². The van der Waals surface area contributed by atoms with Crippen molar-refractivity contribution in [2.24, 2.45) is 0 Å². The highest BCUT2D eigenvalue weighted by Gasteiger charge is 2.19. The van der Waals surface area contributed by atoms with E-state index >= 15 is 0 Å². The summed E-state index contributed by atoms with van der Waals surface area (Å²) in [4.78, 5) is 30.4. The van der Waals surface area contributed by atoms with Crippen molar-refractivity contribution in [3.05, 3.63) is 53.9 Å². The van der Waals surface area contributed by atoms with Gasteiger partial charge in [0.15, 0.2) is 11.5 Å². The van der Waals surface area contributed by atoms with Crippen molar-refractivity contribution in [1.82, 2.24) is 9.88 Å². The third kappa shape index (κ3) is 5.70. The minimum Gasteiger partial charge on any atom is -0.493 e. The van der Waals surface area contributed by atoms with Gasteiger partial charge in [-0.1, -0.05) is 6.07 Å². The molecule has 7 heteroatoms. The molecule has 0 bridgehead atoms. The fourth-order valence-electron chi connectivity index (χ4n) is 2.58. The van der Waals surface area contributed by atoms with Gasteiger partial charge < -0.3 is 19.1 Å². The van der Waals surface area contributed by atoms with Crippen LogP contribution in [0.25, 0.3) is 0 Å². The SMILES string of the molecule is CCOC(=O)CCN(Cc1cccnc1)C(=O)c1ccc(OC)c(OC)c1. The summed E-state index contributed by atoms with van der Waals surface area (Å²) in [6, 6.07) is 8.66. The highest BCUT2D eigenvalue weighted by Crippen LogP contribution is 2.28. The Bertz CT molecular complexity index is 764. The summed E-state index contributed by atoms with van der Waals surface area (Å²) in [7, 11) is 3.05. The lowest BCUT2D eigenvalue weighted by Gasteiger charge is -2.23. The minimum absolute atomic E-state index is 0.118. The Labute approximate surface area is 158 Å². The summed E-state index contributed by atoms with van der Waals surface area (Å²) in [5, 5.41) is 0. The maximum Gasteiger partial charge on any atom is 0.307 e. The van der Waals surface area contributed by atoms with E-state index in [1.54, 1.807) is 48.5 Å². The Balaban J connectivity index is 2.22. The number of esters is 1. The number of ether oxygens (including phenoxy) is 3. The molecule has 0 unspecified atom stereocenters. The van der Waals surface area contributed by atoms with Gasteiger partial charge in [0.2, 0.25) is 0 Å². The summed E-state index contributed by atoms with van der Waals surface area (Å²) in [6.45, 7) is 2.63. The van der Waals surface area contributed by atoms with Crippen LogP contribution in [0.2, 0.25) is 0 Å². The molecular weight excluding hydrogens is 348 g/mol. The molecule has 0 aliphatic carbocycles. The summed E-state index contributed by atoms with van der Waals surface area (Å²) >= 11 is 0. The van der Waals surface area contributed by atoms with Crippen LogP contribution in [0.4, 0.5) is 0 Å². The number of aromatic nitrogens is 1. The fourth-order valence-corrected chi connectivity index (χ4v) is 2.58. The van der Waals surface area contributed by atoms with Gasteiger partial charge in [-0.05, 0) is 36.8 Å². The van der Waals surface area contributed by atoms with Crippen LogP contribution in [0.15, 0.2) is 42.7 Å². The molecule has 27 heavy (non-hydrogen) atoms. The van der Waals surface area contributed by atoms with Gasteiger partial charge >= 0.3 is 5.97 Å². The molecule has 2 aromatic rings. The predicted octanol–water partition coefficient (Wildman–Crippen LogP) is 2.69. The van der Waals surface area contributed by atoms with E-state index in [0.717, 1.165) is 5.56 Å². The maximum atomic E-state index is 13.0. The summed E-state index contributed by atoms with van der Waals surface area (Å²) in [6.07, 6.45) is 3.48. The van der Waals surface area contributed by atoms with Gasteiger partial charge in [0.1, 0.15) is 0 Å². The van der Waals surface area contributed by atoms with Gasteiger partial charge in [0.05, 0.1) is 27.2 Å². The summed E-state index contributed by atoms with van der Waals surface area (Å²) < 4.78 is 15.5. The molecule has 2 rings (SSSR count). The van der Waals surface area contributed by atoms with Crippen molar-refractivity contribution in [1.29, 1.82) is 0 Å². The first kappa shape index (κ1) is 20.2. The van der Waals surface area contributed by atoms with Crippen LogP contribution in [0.3, 0.4) is 0 Å². The number of rotatable bonds is 9. The van der Waals surface area contributed by atoms with Crippen LogP contribution in [-0.2, 0) is 16.1 Å². The lowest BCUT2D eigenvalue weighted by Crippen LogP contribution is -2.33. The zero-order chi connectivity index (χ0) is 19.6. The molecule has 1 aromatic heterocycles. The van der Waals surface area contributed by atoms with E-state index in [9.17, 15) is 9.59 Å². The first-order valence-electron chi connectivity index (χ1n) is 8.64. The number of carbonyl (C=O) groups excluding carboxylic acids is 2. The summed E-state index contributed by atoms with van der Waals surface area (Å²) in [5.41, 5.74) is 1.32. The van der Waals surface area contributed by atoms with Gasteiger partial charge in [0, 0.05) is 31.0 Å². The number of nitrogens with zero attached hydrogens (tertiary/aromatic N) is 2. The Morgan fingerprint density at radius 2 is 1.89 bits per heavy atom. The van der Waals surface area contributed by atoms with Crippen LogP contribution in [-0.4, -0.2) is 49.1 Å². The highest BCUT2D eigenvalue weighted by atomic mass is 16.5. The molecule has 0 saturated carbocycles. The Morgan fingerprint density at radius 3 is 2.52 bits per heavy atom. The third-order valence-corrected chi connectivity index (χ3v) is 3.91. The van der Waals surface area contributed by atoms with E-state index in [1.165, 1.54) is 14.2 Å². The van der Waals surface area contributed by atoms with E-state index < -0.39 is 0 Å². The molecule has 1 heterocycles. The second-order valence-electron chi connectivity index (χ2n) is 5.71. The number of amides is 1. The monoisotopic (exact) mass is 372 g/mol. The second-order valence-corrected chi connectivity index (χ2v) is 5.71. The van der Waals surface area contributed by atoms with E-state index in [0.29, 0.717) is 30.2 Å². The number of hydrogen-bond donors (Lipinski definition) is 0. The van der Waals surface area contributed by atoms with Gasteiger partial charge in [-0.3, -0.25) is 14.6 Å². The smallest absolute Gasteiger partial charge is 0.307 e. The van der Waals surface area contributed by atoms with Crippen LogP contribution in [0, 0.1) is 0 Å². The average molecular weight is 372 g/mol. The van der Waals surface area contributed by atoms with E-state index in [4.69, 9.17) is 14.2 Å². The van der Waals surface area contributed by atoms with Crippen LogP contribution < -0.4 is 9.47 Å². The molecule has 7 nitrogen and oxygen atoms in total. The second kappa shape index (κ2) is 10.2. The molecular formula is C20H24N2O5. The molecule has 144 valence electrons. The molecule has 0 fully saturated rings. The number of pyridine rings is 1. The predicted molar refractivity (Wildman–Crippen MR) is 99.8 cm³/mol. The van der Waals surface area contributed by atoms with Crippen molar-refractivity contribution < 1.29 is 23.8 Å². The van der Waals surface area contributed by atoms with Crippen molar-refractivity contribution in [2.75, 3.05) is 27.4 Å². The molecule has 0 saturated heterocycles. The summed E-state index contributed by atoms with van der Waals surface area (Å²) in [5.74, 6) is 0.451. The molecule has 0 aliphatic rings. The first-order chi connectivity index (χ1) is 13.1. The standard InChI is InChI=1S/C20H24N2O5/c1-4-27-19(23)9-11-22(14-15-6-5-10-21-13-15)20(24)16-7-8-17(25-2)18(12-16)26-3/h5-8,10,12-13H,4,9,11,14H2,1-3H3. The zero-order valence-electron chi connectivity index (χ0n) is 15.8. The maximum absolute atomic E-state index is 13.0. The Morgan fingerprint density at radius 1 is 1.11 bits per heavy atom. The lowest BCUT2D eigenvalue weighted by atomic mass is 10.1. The van der Waals surface area contributed by atoms with Gasteiger partial charge in [-0.2, -0.15) is 0 Å². The Hall–Kier alpha value is -3.09. The van der Waals surface area contributed by atoms with Gasteiger partial charge in [0.25, 0.3) is 5.91 Å². The quantitative estimate of drug-likeness (QED) is 0.630. The zero-order valence-corrected chi connectivity index (χ0v) is 15.8. The number of carbonyl (C=O) groups is 2. The topological polar surface area (TPSA) is 78.0 Å². The number of benzene rings is 1. The van der Waals surface area contributed by atoms with Crippen molar-refractivity contribution >= 4 is 11.9 Å². The molecule has 0 spiro atoms. The highest BCUT2D eigenvalue weighted by molar-refractivity contribution is 5.95. The number of hydrogen-bond acceptors (Lipinski definition) is 6. The largest absolute Gasteiger partial charge is 0.493 e. The molecule has 0 N–H and O–H groups in total. The number of methoxy groups -OCH3 is 2. The lowest BCUT2D eigenvalue weighted by molar-refractivity contribution is -0.143. The average Bonchev–Trinajstić information content (AvgIpc) is 2.71. The van der Waals surface area contributed by atoms with Crippen molar-refractivity contribution in [3.8, 4) is 11.5 Å². The van der Waals surface area contributed by atoms with Crippen LogP contribution in [0.1, 0.15) is 29.3 Å². The molecule has 1 amide bonds. The molecule has 0 aliphatic heterocycles.